The Morgan fingerprint density at radius 2 is 1.58 bits per heavy atom. The van der Waals surface area contributed by atoms with Crippen molar-refractivity contribution < 1.29 is 14.3 Å². The van der Waals surface area contributed by atoms with Crippen LogP contribution in [0.25, 0.3) is 0 Å². The van der Waals surface area contributed by atoms with Crippen LogP contribution in [-0.4, -0.2) is 23.1 Å². The third kappa shape index (κ3) is 5.51. The number of rotatable bonds is 7. The molecule has 0 aliphatic carbocycles. The van der Waals surface area contributed by atoms with Crippen LogP contribution in [0.2, 0.25) is 0 Å². The predicted octanol–water partition coefficient (Wildman–Crippen LogP) is 5.58. The molecule has 1 atom stereocenters. The first-order chi connectivity index (χ1) is 12.4. The van der Waals surface area contributed by atoms with E-state index in [1.807, 2.05) is 89.2 Å². The third-order valence-corrected chi connectivity index (χ3v) is 4.18. The molecule has 2 aromatic rings. The highest BCUT2D eigenvalue weighted by atomic mass is 16.6. The van der Waals surface area contributed by atoms with Crippen molar-refractivity contribution in [3.63, 3.8) is 0 Å². The first-order valence-corrected chi connectivity index (χ1v) is 9.14. The quantitative estimate of drug-likeness (QED) is 0.650. The lowest BCUT2D eigenvalue weighted by atomic mass is 10.1. The van der Waals surface area contributed by atoms with Crippen LogP contribution in [0.15, 0.2) is 54.6 Å². The van der Waals surface area contributed by atoms with Gasteiger partial charge >= 0.3 is 6.09 Å². The van der Waals surface area contributed by atoms with E-state index in [1.165, 1.54) is 0 Å². The topological polar surface area (TPSA) is 38.8 Å². The molecule has 0 saturated carbocycles. The van der Waals surface area contributed by atoms with Gasteiger partial charge in [-0.3, -0.25) is 0 Å². The van der Waals surface area contributed by atoms with Crippen molar-refractivity contribution in [1.82, 2.24) is 4.90 Å². The second-order valence-corrected chi connectivity index (χ2v) is 6.97. The van der Waals surface area contributed by atoms with Gasteiger partial charge in [0.1, 0.15) is 18.5 Å². The molecule has 0 aliphatic heterocycles. The molecule has 2 rings (SSSR count). The minimum atomic E-state index is -0.345. The smallest absolute Gasteiger partial charge is 0.410 e. The van der Waals surface area contributed by atoms with Gasteiger partial charge in [-0.25, -0.2) is 4.79 Å². The van der Waals surface area contributed by atoms with Gasteiger partial charge in [0.2, 0.25) is 0 Å². The zero-order chi connectivity index (χ0) is 19.1. The van der Waals surface area contributed by atoms with Crippen LogP contribution in [0.5, 0.6) is 5.75 Å². The highest BCUT2D eigenvalue weighted by Gasteiger charge is 2.23. The largest absolute Gasteiger partial charge is 0.489 e. The zero-order valence-corrected chi connectivity index (χ0v) is 16.3. The number of nitrogens with zero attached hydrogens (tertiary/aromatic N) is 1. The van der Waals surface area contributed by atoms with Gasteiger partial charge in [-0.1, -0.05) is 42.5 Å². The lowest BCUT2D eigenvalue weighted by molar-refractivity contribution is 0.0510. The minimum absolute atomic E-state index is 0.0928. The molecule has 4 heteroatoms. The van der Waals surface area contributed by atoms with E-state index < -0.39 is 0 Å². The summed E-state index contributed by atoms with van der Waals surface area (Å²) in [5.74, 6) is 0.763. The number of carbonyl (C=O) groups excluding carboxylic acids is 1. The van der Waals surface area contributed by atoms with Crippen LogP contribution < -0.4 is 4.74 Å². The average molecular weight is 355 g/mol. The summed E-state index contributed by atoms with van der Waals surface area (Å²) in [6, 6.07) is 17.9. The van der Waals surface area contributed by atoms with Gasteiger partial charge in [-0.2, -0.15) is 0 Å². The summed E-state index contributed by atoms with van der Waals surface area (Å²) in [5, 5.41) is 0. The number of hydrogen-bond donors (Lipinski definition) is 0. The van der Waals surface area contributed by atoms with Gasteiger partial charge in [0, 0.05) is 12.1 Å². The van der Waals surface area contributed by atoms with Crippen LogP contribution in [-0.2, 0) is 11.3 Å². The number of carbonyl (C=O) groups is 1. The Labute approximate surface area is 156 Å². The van der Waals surface area contributed by atoms with Gasteiger partial charge in [0.05, 0.1) is 0 Å². The molecule has 0 spiro atoms. The Kier molecular flexibility index (Phi) is 7.07. The average Bonchev–Trinajstić information content (AvgIpc) is 2.60. The van der Waals surface area contributed by atoms with E-state index in [4.69, 9.17) is 9.47 Å². The fourth-order valence-corrected chi connectivity index (χ4v) is 2.90. The first-order valence-electron chi connectivity index (χ1n) is 9.14. The highest BCUT2D eigenvalue weighted by Crippen LogP contribution is 2.24. The van der Waals surface area contributed by atoms with Crippen LogP contribution in [0, 0.1) is 0 Å². The predicted molar refractivity (Wildman–Crippen MR) is 104 cm³/mol. The maximum Gasteiger partial charge on any atom is 0.410 e. The Bertz CT molecular complexity index is 690. The summed E-state index contributed by atoms with van der Waals surface area (Å²) in [5.41, 5.74) is 2.03. The summed E-state index contributed by atoms with van der Waals surface area (Å²) in [6.45, 7) is 10.3. The van der Waals surface area contributed by atoms with Crippen LogP contribution >= 0.6 is 0 Å². The minimum Gasteiger partial charge on any atom is -0.489 e. The number of ether oxygens (including phenoxy) is 2. The molecule has 1 unspecified atom stereocenters. The molecule has 0 aromatic heterocycles. The summed E-state index contributed by atoms with van der Waals surface area (Å²) >= 11 is 0. The number of benzene rings is 2. The maximum absolute atomic E-state index is 12.5. The van der Waals surface area contributed by atoms with Crippen LogP contribution in [0.1, 0.15) is 51.8 Å². The lowest BCUT2D eigenvalue weighted by Crippen LogP contribution is -2.42. The molecule has 140 valence electrons. The Balaban J connectivity index is 2.00. The molecule has 0 heterocycles. The van der Waals surface area contributed by atoms with Crippen molar-refractivity contribution in [2.45, 2.75) is 59.4 Å². The SMILES string of the molecule is CC(OC(=O)N(C(C)C)C(C)C)c1cccc(OCc2ccccc2)c1. The van der Waals surface area contributed by atoms with Gasteiger partial charge in [0.15, 0.2) is 0 Å². The maximum atomic E-state index is 12.5. The fourth-order valence-electron chi connectivity index (χ4n) is 2.90. The highest BCUT2D eigenvalue weighted by molar-refractivity contribution is 5.68. The summed E-state index contributed by atoms with van der Waals surface area (Å²) < 4.78 is 11.5. The fraction of sp³-hybridized carbons (Fsp3) is 0.409. The molecule has 0 radical (unpaired) electrons. The zero-order valence-electron chi connectivity index (χ0n) is 16.3. The molecule has 4 nitrogen and oxygen atoms in total. The van der Waals surface area contributed by atoms with Crippen LogP contribution in [0.4, 0.5) is 4.79 Å². The van der Waals surface area contributed by atoms with Gasteiger partial charge in [-0.15, -0.1) is 0 Å². The van der Waals surface area contributed by atoms with Crippen molar-refractivity contribution in [3.8, 4) is 5.75 Å². The molecule has 0 aliphatic rings. The van der Waals surface area contributed by atoms with Crippen LogP contribution in [0.3, 0.4) is 0 Å². The summed E-state index contributed by atoms with van der Waals surface area (Å²) in [7, 11) is 0. The monoisotopic (exact) mass is 355 g/mol. The van der Waals surface area contributed by atoms with Crippen molar-refractivity contribution in [3.05, 3.63) is 65.7 Å². The second-order valence-electron chi connectivity index (χ2n) is 6.97. The number of amides is 1. The number of hydrogen-bond acceptors (Lipinski definition) is 3. The van der Waals surface area contributed by atoms with E-state index in [0.29, 0.717) is 6.61 Å². The van der Waals surface area contributed by atoms with E-state index in [9.17, 15) is 4.79 Å². The van der Waals surface area contributed by atoms with Crippen molar-refractivity contribution >= 4 is 6.09 Å². The Morgan fingerprint density at radius 1 is 0.923 bits per heavy atom. The summed E-state index contributed by atoms with van der Waals surface area (Å²) in [6.07, 6.45) is -0.638. The molecule has 0 fully saturated rings. The molecule has 0 saturated heterocycles. The molecule has 26 heavy (non-hydrogen) atoms. The van der Waals surface area contributed by atoms with E-state index in [-0.39, 0.29) is 24.3 Å². The standard InChI is InChI=1S/C22H29NO3/c1-16(2)23(17(3)4)22(24)26-18(5)20-12-9-13-21(14-20)25-15-19-10-7-6-8-11-19/h6-14,16-18H,15H2,1-5H3. The summed E-state index contributed by atoms with van der Waals surface area (Å²) in [4.78, 5) is 14.2. The van der Waals surface area contributed by atoms with Gasteiger partial charge < -0.3 is 14.4 Å². The second kappa shape index (κ2) is 9.27. The molecule has 1 amide bonds. The lowest BCUT2D eigenvalue weighted by Gasteiger charge is -2.31. The first kappa shape index (κ1) is 19.8. The van der Waals surface area contributed by atoms with Crippen molar-refractivity contribution in [2.24, 2.45) is 0 Å². The Hall–Kier alpha value is -2.49. The Morgan fingerprint density at radius 3 is 2.19 bits per heavy atom. The molecule has 2 aromatic carbocycles. The van der Waals surface area contributed by atoms with E-state index in [1.54, 1.807) is 4.90 Å². The van der Waals surface area contributed by atoms with Gasteiger partial charge in [-0.05, 0) is 57.9 Å². The van der Waals surface area contributed by atoms with E-state index in [0.717, 1.165) is 16.9 Å². The normalized spacial score (nSPS) is 12.1. The molecule has 0 bridgehead atoms. The van der Waals surface area contributed by atoms with Gasteiger partial charge in [0.25, 0.3) is 0 Å². The van der Waals surface area contributed by atoms with Crippen molar-refractivity contribution in [1.29, 1.82) is 0 Å². The molecular weight excluding hydrogens is 326 g/mol. The van der Waals surface area contributed by atoms with E-state index in [2.05, 4.69) is 0 Å². The third-order valence-electron chi connectivity index (χ3n) is 4.18. The van der Waals surface area contributed by atoms with E-state index >= 15 is 0 Å². The molecular formula is C22H29NO3. The molecule has 0 N–H and O–H groups in total. The van der Waals surface area contributed by atoms with Crippen molar-refractivity contribution in [2.75, 3.05) is 0 Å².